The van der Waals surface area contributed by atoms with Crippen LogP contribution in [0.5, 0.6) is 0 Å². The molecule has 7 rings (SSSR count). The minimum absolute atomic E-state index is 0.0254. The number of pyridine rings is 3. The van der Waals surface area contributed by atoms with Gasteiger partial charge in [0, 0.05) is 63.3 Å². The third-order valence-corrected chi connectivity index (χ3v) is 8.26. The monoisotopic (exact) mass is 535 g/mol. The van der Waals surface area contributed by atoms with Gasteiger partial charge in [-0.3, -0.25) is 19.5 Å². The van der Waals surface area contributed by atoms with E-state index >= 15 is 0 Å². The highest BCUT2D eigenvalue weighted by Crippen LogP contribution is 2.38. The molecule has 3 aromatic heterocycles. The van der Waals surface area contributed by atoms with E-state index in [2.05, 4.69) is 53.2 Å². The van der Waals surface area contributed by atoms with Crippen LogP contribution in [0.1, 0.15) is 40.4 Å². The number of piperazine rings is 1. The number of carbonyl (C=O) groups excluding carboxylic acids is 1. The number of nitrogens with zero attached hydrogens (tertiary/aromatic N) is 5. The summed E-state index contributed by atoms with van der Waals surface area (Å²) < 4.78 is 0. The van der Waals surface area contributed by atoms with Gasteiger partial charge in [-0.25, -0.2) is 4.98 Å². The number of carbonyl (C=O) groups is 1. The van der Waals surface area contributed by atoms with E-state index < -0.39 is 0 Å². The van der Waals surface area contributed by atoms with E-state index in [-0.39, 0.29) is 17.5 Å². The molecular formula is C31H33N7O2. The molecule has 1 amide bonds. The van der Waals surface area contributed by atoms with Gasteiger partial charge in [-0.2, -0.15) is 0 Å². The number of hydrogen-bond donors (Lipinski definition) is 2. The number of aromatic nitrogens is 3. The molecule has 2 aliphatic heterocycles. The van der Waals surface area contributed by atoms with E-state index in [1.54, 1.807) is 6.20 Å². The van der Waals surface area contributed by atoms with E-state index in [1.165, 1.54) is 5.69 Å². The zero-order valence-corrected chi connectivity index (χ0v) is 22.4. The molecule has 2 saturated heterocycles. The molecule has 1 aliphatic carbocycles. The van der Waals surface area contributed by atoms with Gasteiger partial charge in [0.05, 0.1) is 29.0 Å². The quantitative estimate of drug-likeness (QED) is 0.375. The lowest BCUT2D eigenvalue weighted by Crippen LogP contribution is -2.59. The van der Waals surface area contributed by atoms with Crippen molar-refractivity contribution in [3.05, 3.63) is 94.2 Å². The van der Waals surface area contributed by atoms with Crippen LogP contribution in [0.15, 0.2) is 71.8 Å². The lowest BCUT2D eigenvalue weighted by atomic mass is 10.1. The molecule has 0 atom stereocenters. The zero-order chi connectivity index (χ0) is 27.1. The smallest absolute Gasteiger partial charge is 0.270 e. The Morgan fingerprint density at radius 3 is 2.42 bits per heavy atom. The summed E-state index contributed by atoms with van der Waals surface area (Å²) in [5, 5.41) is 3.10. The van der Waals surface area contributed by atoms with Crippen LogP contribution in [-0.2, 0) is 6.54 Å². The Balaban J connectivity index is 0.902. The molecule has 204 valence electrons. The lowest BCUT2D eigenvalue weighted by Gasteiger charge is -2.41. The average Bonchev–Trinajstić information content (AvgIpc) is 3.81. The summed E-state index contributed by atoms with van der Waals surface area (Å²) in [4.78, 5) is 44.3. The van der Waals surface area contributed by atoms with Crippen LogP contribution in [0.3, 0.4) is 0 Å². The van der Waals surface area contributed by atoms with Crippen LogP contribution in [0.25, 0.3) is 11.0 Å². The summed E-state index contributed by atoms with van der Waals surface area (Å²) in [5.74, 6) is 0.289. The highest BCUT2D eigenvalue weighted by Gasteiger charge is 2.29. The van der Waals surface area contributed by atoms with E-state index in [0.29, 0.717) is 11.6 Å². The second-order valence-corrected chi connectivity index (χ2v) is 11.2. The molecule has 3 fully saturated rings. The lowest BCUT2D eigenvalue weighted by molar-refractivity contribution is 0.0925. The number of nitrogens with one attached hydrogen (secondary N) is 2. The van der Waals surface area contributed by atoms with Crippen molar-refractivity contribution in [1.29, 1.82) is 0 Å². The Morgan fingerprint density at radius 2 is 1.70 bits per heavy atom. The van der Waals surface area contributed by atoms with Gasteiger partial charge in [-0.15, -0.1) is 0 Å². The predicted molar refractivity (Wildman–Crippen MR) is 156 cm³/mol. The van der Waals surface area contributed by atoms with Crippen molar-refractivity contribution in [2.45, 2.75) is 31.3 Å². The molecule has 0 bridgehead atoms. The summed E-state index contributed by atoms with van der Waals surface area (Å²) in [6, 6.07) is 18.2. The van der Waals surface area contributed by atoms with Gasteiger partial charge in [0.1, 0.15) is 5.69 Å². The topological polar surface area (TPSA) is 97.5 Å². The van der Waals surface area contributed by atoms with Gasteiger partial charge in [0.25, 0.3) is 11.5 Å². The summed E-state index contributed by atoms with van der Waals surface area (Å²) in [6.07, 6.45) is 5.94. The third-order valence-electron chi connectivity index (χ3n) is 8.26. The maximum absolute atomic E-state index is 12.7. The fourth-order valence-electron chi connectivity index (χ4n) is 5.73. The Labute approximate surface area is 232 Å². The van der Waals surface area contributed by atoms with Crippen molar-refractivity contribution in [2.24, 2.45) is 0 Å². The van der Waals surface area contributed by atoms with Gasteiger partial charge in [0.15, 0.2) is 0 Å². The van der Waals surface area contributed by atoms with Crippen molar-refractivity contribution in [2.75, 3.05) is 49.1 Å². The SMILES string of the molecule is O=C(NC1CN(c2ccccc2)C1)c1ccc(N2CCN(Cc3cnc4cc(C5CC5)c(=O)[nH]c4c3)CC2)cn1. The van der Waals surface area contributed by atoms with Crippen molar-refractivity contribution in [1.82, 2.24) is 25.2 Å². The molecule has 40 heavy (non-hydrogen) atoms. The Hall–Kier alpha value is -4.24. The number of rotatable bonds is 7. The molecule has 0 unspecified atom stereocenters. The molecule has 1 saturated carbocycles. The van der Waals surface area contributed by atoms with E-state index in [4.69, 9.17) is 0 Å². The van der Waals surface area contributed by atoms with E-state index in [1.807, 2.05) is 42.6 Å². The van der Waals surface area contributed by atoms with Gasteiger partial charge in [0.2, 0.25) is 0 Å². The molecule has 3 aliphatic rings. The minimum Gasteiger partial charge on any atom is -0.368 e. The first-order valence-corrected chi connectivity index (χ1v) is 14.1. The fraction of sp³-hybridized carbons (Fsp3) is 0.355. The minimum atomic E-state index is -0.122. The molecule has 1 aromatic carbocycles. The van der Waals surface area contributed by atoms with Crippen LogP contribution >= 0.6 is 0 Å². The first-order valence-electron chi connectivity index (χ1n) is 14.1. The Morgan fingerprint density at radius 1 is 0.900 bits per heavy atom. The molecule has 0 spiro atoms. The number of hydrogen-bond acceptors (Lipinski definition) is 7. The Kier molecular flexibility index (Phi) is 6.43. The number of H-pyrrole nitrogens is 1. The van der Waals surface area contributed by atoms with Crippen LogP contribution in [0, 0.1) is 0 Å². The summed E-state index contributed by atoms with van der Waals surface area (Å²) in [6.45, 7) is 6.01. The third kappa shape index (κ3) is 5.16. The van der Waals surface area contributed by atoms with E-state index in [9.17, 15) is 9.59 Å². The molecular weight excluding hydrogens is 502 g/mol. The standard InChI is InChI=1S/C31H33N7O2/c39-30-26(22-6-7-22)15-28-29(35-30)14-21(16-32-28)18-36-10-12-37(13-11-36)25-8-9-27(33-17-25)31(40)34-23-19-38(20-23)24-4-2-1-3-5-24/h1-5,8-9,14-17,22-23H,6-7,10-13,18-20H2,(H,34,40)(H,35,39). The first kappa shape index (κ1) is 24.8. The maximum atomic E-state index is 12.7. The second-order valence-electron chi connectivity index (χ2n) is 11.2. The molecule has 4 aromatic rings. The predicted octanol–water partition coefficient (Wildman–Crippen LogP) is 3.14. The molecule has 9 nitrogen and oxygen atoms in total. The fourth-order valence-corrected chi connectivity index (χ4v) is 5.73. The summed E-state index contributed by atoms with van der Waals surface area (Å²) in [7, 11) is 0. The second kappa shape index (κ2) is 10.4. The van der Waals surface area contributed by atoms with Crippen LogP contribution in [-0.4, -0.2) is 71.1 Å². The number of aromatic amines is 1. The number of benzene rings is 1. The first-order chi connectivity index (χ1) is 19.6. The molecule has 0 radical (unpaired) electrons. The van der Waals surface area contributed by atoms with Crippen molar-refractivity contribution in [3.63, 3.8) is 0 Å². The zero-order valence-electron chi connectivity index (χ0n) is 22.4. The van der Waals surface area contributed by atoms with Crippen molar-refractivity contribution in [3.8, 4) is 0 Å². The number of anilines is 2. The van der Waals surface area contributed by atoms with E-state index in [0.717, 1.165) is 86.5 Å². The van der Waals surface area contributed by atoms with Gasteiger partial charge in [-0.1, -0.05) is 18.2 Å². The summed E-state index contributed by atoms with van der Waals surface area (Å²) >= 11 is 0. The maximum Gasteiger partial charge on any atom is 0.270 e. The number of fused-ring (bicyclic) bond motifs is 1. The van der Waals surface area contributed by atoms with Crippen LogP contribution < -0.4 is 20.7 Å². The largest absolute Gasteiger partial charge is 0.368 e. The molecule has 9 heteroatoms. The number of para-hydroxylation sites is 1. The highest BCUT2D eigenvalue weighted by atomic mass is 16.2. The van der Waals surface area contributed by atoms with Crippen molar-refractivity contribution >= 4 is 28.3 Å². The summed E-state index contributed by atoms with van der Waals surface area (Å²) in [5.41, 5.74) is 6.35. The average molecular weight is 536 g/mol. The van der Waals surface area contributed by atoms with Crippen LogP contribution in [0.2, 0.25) is 0 Å². The van der Waals surface area contributed by atoms with Crippen LogP contribution in [0.4, 0.5) is 11.4 Å². The van der Waals surface area contributed by atoms with Crippen molar-refractivity contribution < 1.29 is 4.79 Å². The van der Waals surface area contributed by atoms with Gasteiger partial charge >= 0.3 is 0 Å². The molecule has 2 N–H and O–H groups in total. The molecule has 5 heterocycles. The highest BCUT2D eigenvalue weighted by molar-refractivity contribution is 5.93. The normalized spacial score (nSPS) is 18.1. The van der Waals surface area contributed by atoms with Gasteiger partial charge < -0.3 is 20.1 Å². The Bertz CT molecular complexity index is 1570. The number of amides is 1. The van der Waals surface area contributed by atoms with Gasteiger partial charge in [-0.05, 0) is 60.7 Å².